The molecule has 1 aliphatic rings. The highest BCUT2D eigenvalue weighted by atomic mass is 19.4. The molecule has 0 aliphatic carbocycles. The molecular weight excluding hydrogens is 301 g/mol. The first-order valence-electron chi connectivity index (χ1n) is 6.55. The predicted molar refractivity (Wildman–Crippen MR) is 71.3 cm³/mol. The third kappa shape index (κ3) is 3.32. The number of nitrogens with one attached hydrogen (secondary N) is 1. The number of amides is 3. The Balaban J connectivity index is 1.95. The molecule has 0 bridgehead atoms. The number of carbonyl (C=O) groups excluding carboxylic acids is 2. The van der Waals surface area contributed by atoms with Gasteiger partial charge >= 0.3 is 12.2 Å². The standard InChI is InChI=1S/C14H15F3N2O3/c1-13(2)11(20)19(12(21)18-13)6-7-22-10-5-3-4-9(8-10)14(15,16)17/h3-5,8H,6-7H2,1-2H3,(H,18,21). The second-order valence-corrected chi connectivity index (χ2v) is 5.39. The molecule has 3 amide bonds. The minimum absolute atomic E-state index is 0.0288. The van der Waals surface area contributed by atoms with Crippen molar-refractivity contribution in [1.82, 2.24) is 10.2 Å². The Morgan fingerprint density at radius 1 is 1.27 bits per heavy atom. The van der Waals surface area contributed by atoms with Crippen molar-refractivity contribution in [3.63, 3.8) is 0 Å². The predicted octanol–water partition coefficient (Wildman–Crippen LogP) is 2.41. The van der Waals surface area contributed by atoms with Crippen molar-refractivity contribution in [3.8, 4) is 5.75 Å². The molecule has 1 fully saturated rings. The summed E-state index contributed by atoms with van der Waals surface area (Å²) in [5.41, 5.74) is -1.80. The van der Waals surface area contributed by atoms with Crippen molar-refractivity contribution in [1.29, 1.82) is 0 Å². The van der Waals surface area contributed by atoms with Gasteiger partial charge < -0.3 is 10.1 Å². The molecule has 0 radical (unpaired) electrons. The average Bonchev–Trinajstić information content (AvgIpc) is 2.60. The molecule has 2 rings (SSSR count). The number of hydrogen-bond donors (Lipinski definition) is 1. The molecule has 0 atom stereocenters. The summed E-state index contributed by atoms with van der Waals surface area (Å²) in [6.45, 7) is 3.02. The number of halogens is 3. The van der Waals surface area contributed by atoms with Crippen LogP contribution in [-0.2, 0) is 11.0 Å². The van der Waals surface area contributed by atoms with Gasteiger partial charge in [-0.05, 0) is 32.0 Å². The van der Waals surface area contributed by atoms with Crippen LogP contribution in [0, 0.1) is 0 Å². The van der Waals surface area contributed by atoms with E-state index in [2.05, 4.69) is 5.32 Å². The van der Waals surface area contributed by atoms with Crippen molar-refractivity contribution < 1.29 is 27.5 Å². The number of urea groups is 1. The van der Waals surface area contributed by atoms with Crippen molar-refractivity contribution in [2.24, 2.45) is 0 Å². The van der Waals surface area contributed by atoms with E-state index in [1.165, 1.54) is 12.1 Å². The molecule has 1 aromatic carbocycles. The van der Waals surface area contributed by atoms with Gasteiger partial charge in [0, 0.05) is 0 Å². The number of imide groups is 1. The van der Waals surface area contributed by atoms with Gasteiger partial charge in [-0.15, -0.1) is 0 Å². The van der Waals surface area contributed by atoms with Crippen LogP contribution in [0.15, 0.2) is 24.3 Å². The number of nitrogens with zero attached hydrogens (tertiary/aromatic N) is 1. The largest absolute Gasteiger partial charge is 0.492 e. The van der Waals surface area contributed by atoms with Gasteiger partial charge in [-0.3, -0.25) is 9.69 Å². The maximum atomic E-state index is 12.6. The Morgan fingerprint density at radius 2 is 1.95 bits per heavy atom. The first-order chi connectivity index (χ1) is 10.1. The number of hydrogen-bond acceptors (Lipinski definition) is 3. The topological polar surface area (TPSA) is 58.6 Å². The first-order valence-corrected chi connectivity index (χ1v) is 6.55. The third-order valence-corrected chi connectivity index (χ3v) is 3.19. The SMILES string of the molecule is CC1(C)NC(=O)N(CCOc2cccc(C(F)(F)F)c2)C1=O. The number of carbonyl (C=O) groups is 2. The van der Waals surface area contributed by atoms with Crippen LogP contribution in [0.5, 0.6) is 5.75 Å². The van der Waals surface area contributed by atoms with E-state index in [0.29, 0.717) is 0 Å². The first kappa shape index (κ1) is 16.1. The van der Waals surface area contributed by atoms with Crippen LogP contribution >= 0.6 is 0 Å². The van der Waals surface area contributed by atoms with E-state index in [1.807, 2.05) is 0 Å². The molecule has 22 heavy (non-hydrogen) atoms. The molecule has 5 nitrogen and oxygen atoms in total. The van der Waals surface area contributed by atoms with Gasteiger partial charge in [0.2, 0.25) is 0 Å². The maximum Gasteiger partial charge on any atom is 0.416 e. The Kier molecular flexibility index (Phi) is 4.04. The zero-order valence-corrected chi connectivity index (χ0v) is 12.0. The number of ether oxygens (including phenoxy) is 1. The summed E-state index contributed by atoms with van der Waals surface area (Å²) in [6.07, 6.45) is -4.45. The summed E-state index contributed by atoms with van der Waals surface area (Å²) in [6, 6.07) is 3.88. The van der Waals surface area contributed by atoms with Crippen molar-refractivity contribution in [2.75, 3.05) is 13.2 Å². The summed E-state index contributed by atoms with van der Waals surface area (Å²) < 4.78 is 42.9. The van der Waals surface area contributed by atoms with E-state index in [4.69, 9.17) is 4.74 Å². The van der Waals surface area contributed by atoms with Crippen molar-refractivity contribution >= 4 is 11.9 Å². The van der Waals surface area contributed by atoms with E-state index in [0.717, 1.165) is 17.0 Å². The molecular formula is C14H15F3N2O3. The molecule has 1 heterocycles. The van der Waals surface area contributed by atoms with E-state index < -0.39 is 29.2 Å². The quantitative estimate of drug-likeness (QED) is 0.868. The van der Waals surface area contributed by atoms with Gasteiger partial charge in [0.25, 0.3) is 5.91 Å². The molecule has 0 unspecified atom stereocenters. The highest BCUT2D eigenvalue weighted by molar-refractivity contribution is 6.06. The van der Waals surface area contributed by atoms with Gasteiger partial charge in [-0.25, -0.2) is 4.79 Å². The zero-order valence-electron chi connectivity index (χ0n) is 12.0. The van der Waals surface area contributed by atoms with E-state index in [1.54, 1.807) is 13.8 Å². The number of alkyl halides is 3. The fourth-order valence-corrected chi connectivity index (χ4v) is 2.04. The lowest BCUT2D eigenvalue weighted by molar-refractivity contribution is -0.137. The number of benzene rings is 1. The summed E-state index contributed by atoms with van der Waals surface area (Å²) in [4.78, 5) is 24.5. The normalized spacial score (nSPS) is 17.6. The smallest absolute Gasteiger partial charge is 0.416 e. The molecule has 120 valence electrons. The molecule has 1 aromatic rings. The second kappa shape index (κ2) is 5.51. The Morgan fingerprint density at radius 3 is 2.50 bits per heavy atom. The summed E-state index contributed by atoms with van der Waals surface area (Å²) in [5.74, 6) is -0.369. The Hall–Kier alpha value is -2.25. The van der Waals surface area contributed by atoms with Crippen LogP contribution in [0.25, 0.3) is 0 Å². The van der Waals surface area contributed by atoms with Crippen LogP contribution in [0.3, 0.4) is 0 Å². The summed E-state index contributed by atoms with van der Waals surface area (Å²) in [7, 11) is 0. The fraction of sp³-hybridized carbons (Fsp3) is 0.429. The maximum absolute atomic E-state index is 12.6. The Bertz CT molecular complexity index is 599. The number of rotatable bonds is 4. The lowest BCUT2D eigenvalue weighted by Crippen LogP contribution is -2.40. The fourth-order valence-electron chi connectivity index (χ4n) is 2.04. The highest BCUT2D eigenvalue weighted by Gasteiger charge is 2.43. The second-order valence-electron chi connectivity index (χ2n) is 5.39. The van der Waals surface area contributed by atoms with Gasteiger partial charge in [0.15, 0.2) is 0 Å². The van der Waals surface area contributed by atoms with E-state index in [9.17, 15) is 22.8 Å². The van der Waals surface area contributed by atoms with Gasteiger partial charge in [-0.2, -0.15) is 13.2 Å². The summed E-state index contributed by atoms with van der Waals surface area (Å²) in [5, 5.41) is 2.50. The monoisotopic (exact) mass is 316 g/mol. The highest BCUT2D eigenvalue weighted by Crippen LogP contribution is 2.31. The molecule has 1 saturated heterocycles. The van der Waals surface area contributed by atoms with E-state index >= 15 is 0 Å². The van der Waals surface area contributed by atoms with Crippen LogP contribution < -0.4 is 10.1 Å². The van der Waals surface area contributed by atoms with Gasteiger partial charge in [0.1, 0.15) is 17.9 Å². The van der Waals surface area contributed by atoms with Crippen molar-refractivity contribution in [3.05, 3.63) is 29.8 Å². The zero-order chi connectivity index (χ0) is 16.5. The van der Waals surface area contributed by atoms with Gasteiger partial charge in [0.05, 0.1) is 12.1 Å². The minimum Gasteiger partial charge on any atom is -0.492 e. The summed E-state index contributed by atoms with van der Waals surface area (Å²) >= 11 is 0. The third-order valence-electron chi connectivity index (χ3n) is 3.19. The van der Waals surface area contributed by atoms with Crippen molar-refractivity contribution in [2.45, 2.75) is 25.6 Å². The van der Waals surface area contributed by atoms with Crippen LogP contribution in [0.1, 0.15) is 19.4 Å². The van der Waals surface area contributed by atoms with Crippen LogP contribution in [0.2, 0.25) is 0 Å². The average molecular weight is 316 g/mol. The van der Waals surface area contributed by atoms with Crippen LogP contribution in [0.4, 0.5) is 18.0 Å². The molecule has 0 aromatic heterocycles. The van der Waals surface area contributed by atoms with Gasteiger partial charge in [-0.1, -0.05) is 6.07 Å². The minimum atomic E-state index is -4.45. The van der Waals surface area contributed by atoms with E-state index in [-0.39, 0.29) is 18.9 Å². The molecule has 1 N–H and O–H groups in total. The molecule has 1 aliphatic heterocycles. The lowest BCUT2D eigenvalue weighted by Gasteiger charge is -2.16. The Labute approximate surface area is 125 Å². The molecule has 0 saturated carbocycles. The molecule has 0 spiro atoms. The molecule has 8 heteroatoms. The lowest BCUT2D eigenvalue weighted by atomic mass is 10.1. The van der Waals surface area contributed by atoms with Crippen LogP contribution in [-0.4, -0.2) is 35.5 Å².